The van der Waals surface area contributed by atoms with Gasteiger partial charge in [0.05, 0.1) is 0 Å². The second-order valence-electron chi connectivity index (χ2n) is 6.61. The topological polar surface area (TPSA) is 61.9 Å². The number of piperazine rings is 1. The van der Waals surface area contributed by atoms with Crippen molar-refractivity contribution in [3.05, 3.63) is 0 Å². The van der Waals surface area contributed by atoms with Crippen molar-refractivity contribution in [2.24, 2.45) is 0 Å². The molecule has 0 aromatic heterocycles. The first-order valence-electron chi connectivity index (χ1n) is 7.27. The van der Waals surface area contributed by atoms with E-state index in [0.717, 1.165) is 12.8 Å². The van der Waals surface area contributed by atoms with Gasteiger partial charge in [0.15, 0.2) is 0 Å². The van der Waals surface area contributed by atoms with E-state index >= 15 is 0 Å². The minimum atomic E-state index is -0.503. The Balaban J connectivity index is 1.79. The Morgan fingerprint density at radius 3 is 2.10 bits per heavy atom. The van der Waals surface area contributed by atoms with Gasteiger partial charge in [-0.1, -0.05) is 5.92 Å². The molecule has 0 aromatic carbocycles. The maximum atomic E-state index is 12.1. The second-order valence-corrected chi connectivity index (χ2v) is 6.61. The summed E-state index contributed by atoms with van der Waals surface area (Å²) in [4.78, 5) is 27.4. The smallest absolute Gasteiger partial charge is 0.410 e. The molecule has 1 heterocycles. The van der Waals surface area contributed by atoms with Crippen LogP contribution in [-0.4, -0.2) is 59.2 Å². The molecule has 0 atom stereocenters. The Morgan fingerprint density at radius 1 is 1.14 bits per heavy atom. The minimum Gasteiger partial charge on any atom is -0.444 e. The molecule has 0 radical (unpaired) electrons. The van der Waals surface area contributed by atoms with E-state index in [-0.39, 0.29) is 12.1 Å². The summed E-state index contributed by atoms with van der Waals surface area (Å²) in [6.07, 6.45) is 6.77. The van der Waals surface area contributed by atoms with Crippen LogP contribution >= 0.6 is 0 Å². The molecule has 1 saturated carbocycles. The molecule has 2 fully saturated rings. The maximum Gasteiger partial charge on any atom is 0.410 e. The van der Waals surface area contributed by atoms with Gasteiger partial charge >= 0.3 is 12.1 Å². The lowest BCUT2D eigenvalue weighted by Gasteiger charge is -2.36. The summed E-state index contributed by atoms with van der Waals surface area (Å²) in [5.41, 5.74) is -0.934. The van der Waals surface area contributed by atoms with Crippen molar-refractivity contribution in [2.75, 3.05) is 26.2 Å². The molecule has 2 rings (SSSR count). The molecule has 1 N–H and O–H groups in total. The van der Waals surface area contributed by atoms with Crippen LogP contribution in [0.25, 0.3) is 0 Å². The number of amides is 3. The van der Waals surface area contributed by atoms with Gasteiger partial charge in [-0.15, -0.1) is 6.42 Å². The van der Waals surface area contributed by atoms with Crippen molar-refractivity contribution in [1.29, 1.82) is 0 Å². The van der Waals surface area contributed by atoms with Crippen molar-refractivity contribution < 1.29 is 14.3 Å². The highest BCUT2D eigenvalue weighted by atomic mass is 16.6. The molecule has 1 aliphatic heterocycles. The van der Waals surface area contributed by atoms with Gasteiger partial charge in [-0.3, -0.25) is 0 Å². The van der Waals surface area contributed by atoms with E-state index in [1.54, 1.807) is 9.80 Å². The molecular formula is C15H23N3O3. The van der Waals surface area contributed by atoms with E-state index in [0.29, 0.717) is 26.2 Å². The molecule has 0 aromatic rings. The number of terminal acetylenes is 1. The molecule has 0 unspecified atom stereocenters. The van der Waals surface area contributed by atoms with Crippen LogP contribution in [0.3, 0.4) is 0 Å². The largest absolute Gasteiger partial charge is 0.444 e. The summed E-state index contributed by atoms with van der Waals surface area (Å²) >= 11 is 0. The second kappa shape index (κ2) is 5.47. The van der Waals surface area contributed by atoms with Crippen LogP contribution in [0.1, 0.15) is 33.6 Å². The van der Waals surface area contributed by atoms with Gasteiger partial charge < -0.3 is 19.9 Å². The van der Waals surface area contributed by atoms with E-state index in [1.165, 1.54) is 0 Å². The van der Waals surface area contributed by atoms with Crippen LogP contribution in [0.4, 0.5) is 9.59 Å². The van der Waals surface area contributed by atoms with Crippen molar-refractivity contribution in [3.8, 4) is 12.3 Å². The van der Waals surface area contributed by atoms with Gasteiger partial charge in [-0.25, -0.2) is 9.59 Å². The molecule has 1 saturated heterocycles. The average molecular weight is 293 g/mol. The number of carbonyl (C=O) groups is 2. The summed E-state index contributed by atoms with van der Waals surface area (Å²) in [5.74, 6) is 2.63. The fourth-order valence-electron chi connectivity index (χ4n) is 2.13. The molecule has 116 valence electrons. The molecule has 3 amide bonds. The first kappa shape index (κ1) is 15.5. The van der Waals surface area contributed by atoms with Crippen LogP contribution < -0.4 is 5.32 Å². The van der Waals surface area contributed by atoms with E-state index < -0.39 is 11.1 Å². The standard InChI is InChI=1S/C15H23N3O3/c1-5-15(6-7-15)16-12(19)17-8-10-18(11-9-17)13(20)21-14(2,3)4/h1H,6-11H2,2-4H3,(H,16,19). The number of hydrogen-bond donors (Lipinski definition) is 1. The molecule has 0 bridgehead atoms. The van der Waals surface area contributed by atoms with Crippen LogP contribution in [0, 0.1) is 12.3 Å². The molecule has 6 nitrogen and oxygen atoms in total. The Bertz CT molecular complexity index is 464. The first-order chi connectivity index (χ1) is 9.75. The van der Waals surface area contributed by atoms with E-state index in [1.807, 2.05) is 20.8 Å². The monoisotopic (exact) mass is 293 g/mol. The number of hydrogen-bond acceptors (Lipinski definition) is 3. The predicted octanol–water partition coefficient (Wildman–Crippen LogP) is 1.41. The number of urea groups is 1. The Hall–Kier alpha value is -1.90. The van der Waals surface area contributed by atoms with E-state index in [2.05, 4.69) is 11.2 Å². The number of rotatable bonds is 1. The van der Waals surface area contributed by atoms with E-state index in [9.17, 15) is 9.59 Å². The lowest BCUT2D eigenvalue weighted by atomic mass is 10.2. The quantitative estimate of drug-likeness (QED) is 0.744. The van der Waals surface area contributed by atoms with Gasteiger partial charge in [-0.05, 0) is 33.6 Å². The lowest BCUT2D eigenvalue weighted by Crippen LogP contribution is -2.55. The Kier molecular flexibility index (Phi) is 4.04. The summed E-state index contributed by atoms with van der Waals surface area (Å²) in [6, 6.07) is -0.144. The highest BCUT2D eigenvalue weighted by molar-refractivity contribution is 5.77. The normalized spacial score (nSPS) is 20.5. The third-order valence-corrected chi connectivity index (χ3v) is 3.59. The van der Waals surface area contributed by atoms with Gasteiger partial charge in [0.1, 0.15) is 11.1 Å². The van der Waals surface area contributed by atoms with Crippen LogP contribution in [0.5, 0.6) is 0 Å². The molecule has 21 heavy (non-hydrogen) atoms. The van der Waals surface area contributed by atoms with E-state index in [4.69, 9.17) is 11.2 Å². The third-order valence-electron chi connectivity index (χ3n) is 3.59. The zero-order valence-corrected chi connectivity index (χ0v) is 12.9. The fraction of sp³-hybridized carbons (Fsp3) is 0.733. The summed E-state index contributed by atoms with van der Waals surface area (Å²) < 4.78 is 5.32. The molecule has 6 heteroatoms. The van der Waals surface area contributed by atoms with Gasteiger partial charge in [-0.2, -0.15) is 0 Å². The summed E-state index contributed by atoms with van der Waals surface area (Å²) in [7, 11) is 0. The van der Waals surface area contributed by atoms with Crippen LogP contribution in [-0.2, 0) is 4.74 Å². The van der Waals surface area contributed by atoms with Crippen molar-refractivity contribution in [1.82, 2.24) is 15.1 Å². The van der Waals surface area contributed by atoms with Gasteiger partial charge in [0.2, 0.25) is 0 Å². The van der Waals surface area contributed by atoms with Crippen LogP contribution in [0.15, 0.2) is 0 Å². The molecule has 1 aliphatic carbocycles. The number of carbonyl (C=O) groups excluding carboxylic acids is 2. The number of nitrogens with zero attached hydrogens (tertiary/aromatic N) is 2. The summed E-state index contributed by atoms with van der Waals surface area (Å²) in [5, 5.41) is 2.89. The van der Waals surface area contributed by atoms with Gasteiger partial charge in [0.25, 0.3) is 0 Å². The lowest BCUT2D eigenvalue weighted by molar-refractivity contribution is 0.0169. The zero-order valence-electron chi connectivity index (χ0n) is 12.9. The fourth-order valence-corrected chi connectivity index (χ4v) is 2.13. The van der Waals surface area contributed by atoms with Crippen LogP contribution in [0.2, 0.25) is 0 Å². The summed E-state index contributed by atoms with van der Waals surface area (Å²) in [6.45, 7) is 7.45. The predicted molar refractivity (Wildman–Crippen MR) is 78.7 cm³/mol. The highest BCUT2D eigenvalue weighted by Crippen LogP contribution is 2.34. The first-order valence-corrected chi connectivity index (χ1v) is 7.27. The Labute approximate surface area is 125 Å². The average Bonchev–Trinajstić information content (AvgIpc) is 3.17. The third kappa shape index (κ3) is 4.03. The maximum absolute atomic E-state index is 12.1. The molecular weight excluding hydrogens is 270 g/mol. The molecule has 2 aliphatic rings. The van der Waals surface area contributed by atoms with Crippen molar-refractivity contribution in [3.63, 3.8) is 0 Å². The zero-order chi connectivity index (χ0) is 15.7. The minimum absolute atomic E-state index is 0.144. The highest BCUT2D eigenvalue weighted by Gasteiger charge is 2.43. The van der Waals surface area contributed by atoms with Crippen molar-refractivity contribution in [2.45, 2.75) is 44.8 Å². The van der Waals surface area contributed by atoms with Gasteiger partial charge in [0, 0.05) is 26.2 Å². The van der Waals surface area contributed by atoms with Crippen molar-refractivity contribution >= 4 is 12.1 Å². The SMILES string of the molecule is C#CC1(NC(=O)N2CCN(C(=O)OC(C)(C)C)CC2)CC1. The number of ether oxygens (including phenoxy) is 1. The molecule has 0 spiro atoms. The number of nitrogens with one attached hydrogen (secondary N) is 1. The Morgan fingerprint density at radius 2 is 1.67 bits per heavy atom.